The molecule has 1 aliphatic carbocycles. The first-order valence-corrected chi connectivity index (χ1v) is 12.9. The summed E-state index contributed by atoms with van der Waals surface area (Å²) in [5, 5.41) is 0. The van der Waals surface area contributed by atoms with Crippen molar-refractivity contribution in [2.24, 2.45) is 4.99 Å². The fraction of sp³-hybridized carbons (Fsp3) is 0.200. The quantitative estimate of drug-likeness (QED) is 0.424. The summed E-state index contributed by atoms with van der Waals surface area (Å²) in [7, 11) is 5.71. The normalized spacial score (nSPS) is 16.6. The first-order valence-electron chi connectivity index (χ1n) is 12.1. The second-order valence-electron chi connectivity index (χ2n) is 9.37. The minimum Gasteiger partial charge on any atom is -0.497 e. The summed E-state index contributed by atoms with van der Waals surface area (Å²) in [6.45, 7) is 0. The second kappa shape index (κ2) is 8.95. The lowest BCUT2D eigenvalue weighted by Gasteiger charge is -2.30. The highest BCUT2D eigenvalue weighted by Gasteiger charge is 2.32. The molecule has 0 radical (unpaired) electrons. The van der Waals surface area contributed by atoms with Crippen LogP contribution in [0, 0.1) is 0 Å². The number of hydrogen-bond acceptors (Lipinski definition) is 5. The Kier molecular flexibility index (Phi) is 5.61. The van der Waals surface area contributed by atoms with Gasteiger partial charge in [0.2, 0.25) is 0 Å². The van der Waals surface area contributed by atoms with E-state index < -0.39 is 0 Å². The fourth-order valence-electron chi connectivity index (χ4n) is 5.13. The van der Waals surface area contributed by atoms with Gasteiger partial charge >= 0.3 is 0 Å². The molecule has 0 bridgehead atoms. The highest BCUT2D eigenvalue weighted by atomic mass is 32.1. The van der Waals surface area contributed by atoms with E-state index >= 15 is 0 Å². The number of aromatic nitrogens is 1. The third kappa shape index (κ3) is 3.78. The summed E-state index contributed by atoms with van der Waals surface area (Å²) in [6, 6.07) is 24.6. The van der Waals surface area contributed by atoms with Crippen molar-refractivity contribution >= 4 is 28.8 Å². The van der Waals surface area contributed by atoms with Crippen LogP contribution in [0.2, 0.25) is 0 Å². The van der Waals surface area contributed by atoms with Crippen LogP contribution < -0.4 is 24.5 Å². The fourth-order valence-corrected chi connectivity index (χ4v) is 6.13. The van der Waals surface area contributed by atoms with Crippen LogP contribution in [0.4, 0.5) is 5.69 Å². The Balaban J connectivity index is 1.56. The van der Waals surface area contributed by atoms with Gasteiger partial charge in [-0.1, -0.05) is 59.9 Å². The monoisotopic (exact) mass is 493 g/mol. The number of hydrogen-bond donors (Lipinski definition) is 0. The topological polar surface area (TPSA) is 46.8 Å². The SMILES string of the molecule is COc1ccc(C2C3=C(N=c4sc(=Cc5ccc(N(C)C)cc5)c(=O)n42)c2ccccc2CC3)cc1. The number of aryl methyl sites for hydroxylation is 1. The zero-order chi connectivity index (χ0) is 24.8. The Morgan fingerprint density at radius 2 is 1.75 bits per heavy atom. The van der Waals surface area contributed by atoms with E-state index in [1.807, 2.05) is 36.9 Å². The maximum Gasteiger partial charge on any atom is 0.271 e. The van der Waals surface area contributed by atoms with Crippen LogP contribution in [-0.4, -0.2) is 25.8 Å². The molecule has 0 saturated carbocycles. The lowest BCUT2D eigenvalue weighted by Crippen LogP contribution is -2.38. The summed E-state index contributed by atoms with van der Waals surface area (Å²) in [5.74, 6) is 0.801. The number of thiazole rings is 1. The molecule has 36 heavy (non-hydrogen) atoms. The van der Waals surface area contributed by atoms with Gasteiger partial charge in [-0.25, -0.2) is 4.99 Å². The van der Waals surface area contributed by atoms with E-state index in [-0.39, 0.29) is 11.6 Å². The molecule has 1 atom stereocenters. The number of methoxy groups -OCH3 is 1. The number of rotatable bonds is 4. The lowest BCUT2D eigenvalue weighted by atomic mass is 9.83. The summed E-state index contributed by atoms with van der Waals surface area (Å²) < 4.78 is 7.97. The van der Waals surface area contributed by atoms with E-state index in [9.17, 15) is 4.79 Å². The number of benzene rings is 3. The van der Waals surface area contributed by atoms with Gasteiger partial charge in [0.1, 0.15) is 5.75 Å². The van der Waals surface area contributed by atoms with E-state index in [1.165, 1.54) is 28.0 Å². The van der Waals surface area contributed by atoms with Crippen LogP contribution in [0.25, 0.3) is 11.8 Å². The molecule has 0 spiro atoms. The van der Waals surface area contributed by atoms with E-state index in [1.54, 1.807) is 7.11 Å². The third-order valence-electron chi connectivity index (χ3n) is 7.01. The molecule has 2 aliphatic rings. The van der Waals surface area contributed by atoms with E-state index in [2.05, 4.69) is 65.6 Å². The van der Waals surface area contributed by atoms with Crippen molar-refractivity contribution in [2.45, 2.75) is 18.9 Å². The van der Waals surface area contributed by atoms with E-state index in [4.69, 9.17) is 9.73 Å². The summed E-state index contributed by atoms with van der Waals surface area (Å²) >= 11 is 1.46. The standard InChI is InChI=1S/C30H27N3O2S/c1-32(2)22-13-8-19(9-14-22)18-26-29(34)33-28(21-10-15-23(35-3)16-11-21)25-17-12-20-6-4-5-7-24(20)27(25)31-30(33)36-26/h4-11,13-16,18,28H,12,17H2,1-3H3. The van der Waals surface area contributed by atoms with Gasteiger partial charge in [-0.15, -0.1) is 0 Å². The van der Waals surface area contributed by atoms with Gasteiger partial charge in [-0.05, 0) is 65.4 Å². The molecule has 1 aliphatic heterocycles. The van der Waals surface area contributed by atoms with Crippen molar-refractivity contribution in [1.82, 2.24) is 4.57 Å². The van der Waals surface area contributed by atoms with E-state index in [0.29, 0.717) is 4.53 Å². The second-order valence-corrected chi connectivity index (χ2v) is 10.4. The zero-order valence-corrected chi connectivity index (χ0v) is 21.4. The molecule has 1 unspecified atom stereocenters. The number of nitrogens with zero attached hydrogens (tertiary/aromatic N) is 3. The molecule has 180 valence electrons. The summed E-state index contributed by atoms with van der Waals surface area (Å²) in [5.41, 5.74) is 7.90. The van der Waals surface area contributed by atoms with Gasteiger partial charge < -0.3 is 9.64 Å². The number of ether oxygens (including phenoxy) is 1. The first-order chi connectivity index (χ1) is 17.5. The average molecular weight is 494 g/mol. The van der Waals surface area contributed by atoms with Crippen molar-refractivity contribution in [2.75, 3.05) is 26.1 Å². The highest BCUT2D eigenvalue weighted by molar-refractivity contribution is 7.07. The molecule has 2 heterocycles. The van der Waals surface area contributed by atoms with Crippen molar-refractivity contribution in [3.63, 3.8) is 0 Å². The molecular formula is C30H27N3O2S. The number of allylic oxidation sites excluding steroid dienone is 1. The van der Waals surface area contributed by atoms with Crippen molar-refractivity contribution in [3.8, 4) is 5.75 Å². The average Bonchev–Trinajstić information content (AvgIpc) is 3.22. The van der Waals surface area contributed by atoms with Gasteiger partial charge in [-0.2, -0.15) is 0 Å². The molecule has 6 rings (SSSR count). The Hall–Kier alpha value is -3.90. The van der Waals surface area contributed by atoms with Crippen molar-refractivity contribution in [3.05, 3.63) is 120 Å². The molecule has 5 nitrogen and oxygen atoms in total. The number of fused-ring (bicyclic) bond motifs is 3. The maximum atomic E-state index is 13.8. The van der Waals surface area contributed by atoms with Crippen molar-refractivity contribution in [1.29, 1.82) is 0 Å². The molecule has 1 aromatic heterocycles. The number of anilines is 1. The molecular weight excluding hydrogens is 466 g/mol. The molecule has 4 aromatic rings. The van der Waals surface area contributed by atoms with Crippen LogP contribution in [0.1, 0.15) is 34.7 Å². The summed E-state index contributed by atoms with van der Waals surface area (Å²) in [6.07, 6.45) is 3.80. The molecule has 0 fully saturated rings. The van der Waals surface area contributed by atoms with Crippen LogP contribution in [0.3, 0.4) is 0 Å². The predicted molar refractivity (Wildman–Crippen MR) is 147 cm³/mol. The maximum absolute atomic E-state index is 13.8. The van der Waals surface area contributed by atoms with Gasteiger partial charge in [0, 0.05) is 25.3 Å². The van der Waals surface area contributed by atoms with Gasteiger partial charge in [0.15, 0.2) is 4.80 Å². The van der Waals surface area contributed by atoms with Gasteiger partial charge in [0.25, 0.3) is 5.56 Å². The largest absolute Gasteiger partial charge is 0.497 e. The predicted octanol–water partition coefficient (Wildman–Crippen LogP) is 4.39. The van der Waals surface area contributed by atoms with Crippen LogP contribution >= 0.6 is 11.3 Å². The Morgan fingerprint density at radius 1 is 1.00 bits per heavy atom. The smallest absolute Gasteiger partial charge is 0.271 e. The summed E-state index contributed by atoms with van der Waals surface area (Å²) in [4.78, 5) is 21.7. The van der Waals surface area contributed by atoms with Crippen LogP contribution in [-0.2, 0) is 6.42 Å². The first kappa shape index (κ1) is 22.6. The van der Waals surface area contributed by atoms with Gasteiger partial charge in [-0.3, -0.25) is 9.36 Å². The molecule has 0 N–H and O–H groups in total. The molecule has 6 heteroatoms. The Bertz CT molecular complexity index is 1660. The minimum atomic E-state index is -0.186. The third-order valence-corrected chi connectivity index (χ3v) is 7.99. The lowest BCUT2D eigenvalue weighted by molar-refractivity contribution is 0.414. The minimum absolute atomic E-state index is 0.00154. The van der Waals surface area contributed by atoms with E-state index in [0.717, 1.165) is 45.9 Å². The Labute approximate surface area is 213 Å². The van der Waals surface area contributed by atoms with Gasteiger partial charge in [0.05, 0.1) is 23.4 Å². The molecule has 3 aromatic carbocycles. The zero-order valence-electron chi connectivity index (χ0n) is 20.6. The molecule has 0 amide bonds. The van der Waals surface area contributed by atoms with Crippen LogP contribution in [0.15, 0.2) is 88.2 Å². The molecule has 0 saturated heterocycles. The highest BCUT2D eigenvalue weighted by Crippen LogP contribution is 2.41. The Morgan fingerprint density at radius 3 is 2.47 bits per heavy atom. The van der Waals surface area contributed by atoms with Crippen LogP contribution in [0.5, 0.6) is 5.75 Å². The van der Waals surface area contributed by atoms with Crippen molar-refractivity contribution < 1.29 is 4.74 Å².